The largest absolute Gasteiger partial charge is 0.481 e. The molecule has 3 N–H and O–H groups in total. The van der Waals surface area contributed by atoms with Crippen molar-refractivity contribution in [3.05, 3.63) is 0 Å². The van der Waals surface area contributed by atoms with Crippen molar-refractivity contribution in [1.82, 2.24) is 10.2 Å². The molecule has 1 rings (SSSR count). The molecule has 2 amide bonds. The van der Waals surface area contributed by atoms with E-state index in [1.54, 1.807) is 0 Å². The molecule has 1 atom stereocenters. The average Bonchev–Trinajstić information content (AvgIpc) is 3.12. The van der Waals surface area contributed by atoms with Crippen molar-refractivity contribution < 1.29 is 24.6 Å². The monoisotopic (exact) mass is 269 g/mol. The van der Waals surface area contributed by atoms with E-state index in [2.05, 4.69) is 5.32 Å². The van der Waals surface area contributed by atoms with Crippen molar-refractivity contribution >= 4 is 18.0 Å². The van der Waals surface area contributed by atoms with Crippen LogP contribution in [0.1, 0.15) is 25.7 Å². The van der Waals surface area contributed by atoms with Crippen molar-refractivity contribution in [3.63, 3.8) is 0 Å². The molecule has 8 nitrogen and oxygen atoms in total. The van der Waals surface area contributed by atoms with Crippen LogP contribution in [0.5, 0.6) is 0 Å². The van der Waals surface area contributed by atoms with Gasteiger partial charge in [-0.25, -0.2) is 9.59 Å². The number of carbonyl (C=O) groups is 3. The normalized spacial score (nSPS) is 15.1. The summed E-state index contributed by atoms with van der Waals surface area (Å²) in [6.07, 6.45) is 1.10. The summed E-state index contributed by atoms with van der Waals surface area (Å²) in [6.45, 7) is 0.215. The Morgan fingerprint density at radius 3 is 2.42 bits per heavy atom. The number of nitrogens with zero attached hydrogens (tertiary/aromatic N) is 2. The molecule has 1 fully saturated rings. The standard InChI is InChI=1S/C11H15N3O5/c12-4-1-5-14(7-2-3-7)11(19)13-8(10(17)18)6-9(15)16/h7-8H,1-3,5-6H2,(H,13,19)(H,15,16)(H,17,18)/t8-/m1/s1. The minimum Gasteiger partial charge on any atom is -0.481 e. The third-order valence-corrected chi connectivity index (χ3v) is 2.69. The molecule has 0 heterocycles. The zero-order valence-corrected chi connectivity index (χ0v) is 10.2. The third kappa shape index (κ3) is 4.83. The lowest BCUT2D eigenvalue weighted by atomic mass is 10.2. The Hall–Kier alpha value is -2.30. The van der Waals surface area contributed by atoms with Crippen LogP contribution in [0, 0.1) is 11.3 Å². The van der Waals surface area contributed by atoms with Gasteiger partial charge in [-0.15, -0.1) is 0 Å². The van der Waals surface area contributed by atoms with E-state index >= 15 is 0 Å². The number of hydrogen-bond donors (Lipinski definition) is 3. The van der Waals surface area contributed by atoms with Gasteiger partial charge in [-0.1, -0.05) is 0 Å². The summed E-state index contributed by atoms with van der Waals surface area (Å²) in [5.74, 6) is -2.70. The molecule has 1 saturated carbocycles. The van der Waals surface area contributed by atoms with Gasteiger partial charge in [0.15, 0.2) is 0 Å². The fraction of sp³-hybridized carbons (Fsp3) is 0.636. The Bertz CT molecular complexity index is 413. The maximum Gasteiger partial charge on any atom is 0.326 e. The molecular formula is C11H15N3O5. The number of hydrogen-bond acceptors (Lipinski definition) is 4. The van der Waals surface area contributed by atoms with Gasteiger partial charge in [-0.3, -0.25) is 4.79 Å². The molecule has 0 spiro atoms. The molecule has 0 bridgehead atoms. The summed E-state index contributed by atoms with van der Waals surface area (Å²) in [5.41, 5.74) is 0. The lowest BCUT2D eigenvalue weighted by molar-refractivity contribution is -0.145. The molecule has 0 saturated heterocycles. The van der Waals surface area contributed by atoms with Crippen molar-refractivity contribution in [1.29, 1.82) is 5.26 Å². The first kappa shape index (κ1) is 14.8. The van der Waals surface area contributed by atoms with Crippen molar-refractivity contribution in [3.8, 4) is 6.07 Å². The van der Waals surface area contributed by atoms with E-state index in [-0.39, 0.29) is 19.0 Å². The highest BCUT2D eigenvalue weighted by Crippen LogP contribution is 2.26. The van der Waals surface area contributed by atoms with Gasteiger partial charge in [-0.05, 0) is 12.8 Å². The Morgan fingerprint density at radius 1 is 1.37 bits per heavy atom. The van der Waals surface area contributed by atoms with Gasteiger partial charge in [-0.2, -0.15) is 5.26 Å². The van der Waals surface area contributed by atoms with Crippen LogP contribution in [0.25, 0.3) is 0 Å². The second kappa shape index (κ2) is 6.58. The predicted octanol–water partition coefficient (Wildman–Crippen LogP) is 0.00198. The molecule has 0 aromatic carbocycles. The van der Waals surface area contributed by atoms with Crippen LogP contribution < -0.4 is 5.32 Å². The van der Waals surface area contributed by atoms with Crippen LogP contribution in [0.3, 0.4) is 0 Å². The van der Waals surface area contributed by atoms with Gasteiger partial charge in [0.2, 0.25) is 0 Å². The number of urea groups is 1. The quantitative estimate of drug-likeness (QED) is 0.596. The van der Waals surface area contributed by atoms with E-state index in [1.165, 1.54) is 4.90 Å². The van der Waals surface area contributed by atoms with Crippen LogP contribution in [0.2, 0.25) is 0 Å². The number of amides is 2. The summed E-state index contributed by atoms with van der Waals surface area (Å²) in [4.78, 5) is 34.6. The maximum absolute atomic E-state index is 11.9. The second-order valence-electron chi connectivity index (χ2n) is 4.27. The molecule has 0 aliphatic heterocycles. The van der Waals surface area contributed by atoms with E-state index in [4.69, 9.17) is 15.5 Å². The highest BCUT2D eigenvalue weighted by molar-refractivity contribution is 5.86. The Balaban J connectivity index is 2.60. The lowest BCUT2D eigenvalue weighted by Crippen LogP contribution is -2.49. The minimum atomic E-state index is -1.46. The van der Waals surface area contributed by atoms with E-state index in [9.17, 15) is 14.4 Å². The third-order valence-electron chi connectivity index (χ3n) is 2.69. The fourth-order valence-electron chi connectivity index (χ4n) is 1.61. The number of aliphatic carboxylic acids is 2. The highest BCUT2D eigenvalue weighted by Gasteiger charge is 2.34. The molecule has 0 radical (unpaired) electrons. The van der Waals surface area contributed by atoms with Crippen LogP contribution in [-0.4, -0.2) is 51.7 Å². The zero-order chi connectivity index (χ0) is 14.4. The first-order valence-corrected chi connectivity index (χ1v) is 5.84. The molecular weight excluding hydrogens is 254 g/mol. The Morgan fingerprint density at radius 2 is 2.00 bits per heavy atom. The summed E-state index contributed by atoms with van der Waals surface area (Å²) >= 11 is 0. The van der Waals surface area contributed by atoms with Gasteiger partial charge < -0.3 is 20.4 Å². The van der Waals surface area contributed by atoms with E-state index in [0.717, 1.165) is 12.8 Å². The summed E-state index contributed by atoms with van der Waals surface area (Å²) in [6, 6.07) is -0.165. The molecule has 8 heteroatoms. The smallest absolute Gasteiger partial charge is 0.326 e. The molecule has 0 unspecified atom stereocenters. The number of rotatable bonds is 7. The summed E-state index contributed by atoms with van der Waals surface area (Å²) in [7, 11) is 0. The summed E-state index contributed by atoms with van der Waals surface area (Å²) < 4.78 is 0. The van der Waals surface area contributed by atoms with Crippen LogP contribution in [0.4, 0.5) is 4.79 Å². The number of nitrogens with one attached hydrogen (secondary N) is 1. The zero-order valence-electron chi connectivity index (χ0n) is 10.2. The maximum atomic E-state index is 11.9. The minimum absolute atomic E-state index is 0.0209. The van der Waals surface area contributed by atoms with Crippen LogP contribution in [-0.2, 0) is 9.59 Å². The van der Waals surface area contributed by atoms with Gasteiger partial charge >= 0.3 is 18.0 Å². The van der Waals surface area contributed by atoms with Gasteiger partial charge in [0.05, 0.1) is 18.9 Å². The molecule has 0 aromatic heterocycles. The number of nitriles is 1. The van der Waals surface area contributed by atoms with Crippen molar-refractivity contribution in [2.45, 2.75) is 37.8 Å². The van der Waals surface area contributed by atoms with Crippen molar-refractivity contribution in [2.24, 2.45) is 0 Å². The predicted molar refractivity (Wildman–Crippen MR) is 62.2 cm³/mol. The van der Waals surface area contributed by atoms with Gasteiger partial charge in [0.1, 0.15) is 6.04 Å². The SMILES string of the molecule is N#CCCN(C(=O)N[C@H](CC(=O)O)C(=O)O)C1CC1. The number of carboxylic acids is 2. The summed E-state index contributed by atoms with van der Waals surface area (Å²) in [5, 5.41) is 28.1. The van der Waals surface area contributed by atoms with Crippen molar-refractivity contribution in [2.75, 3.05) is 6.54 Å². The van der Waals surface area contributed by atoms with Crippen LogP contribution in [0.15, 0.2) is 0 Å². The highest BCUT2D eigenvalue weighted by atomic mass is 16.4. The average molecular weight is 269 g/mol. The van der Waals surface area contributed by atoms with E-state index in [0.29, 0.717) is 0 Å². The first-order chi connectivity index (χ1) is 8.95. The molecule has 19 heavy (non-hydrogen) atoms. The fourth-order valence-corrected chi connectivity index (χ4v) is 1.61. The second-order valence-corrected chi connectivity index (χ2v) is 4.27. The van der Waals surface area contributed by atoms with Gasteiger partial charge in [0, 0.05) is 12.6 Å². The molecule has 0 aromatic rings. The Labute approximate surface area is 109 Å². The molecule has 104 valence electrons. The Kier molecular flexibility index (Phi) is 5.11. The molecule has 1 aliphatic carbocycles. The lowest BCUT2D eigenvalue weighted by Gasteiger charge is -2.23. The number of carbonyl (C=O) groups excluding carboxylic acids is 1. The first-order valence-electron chi connectivity index (χ1n) is 5.84. The van der Waals surface area contributed by atoms with Crippen LogP contribution >= 0.6 is 0 Å². The topological polar surface area (TPSA) is 131 Å². The van der Waals surface area contributed by atoms with E-state index < -0.39 is 30.4 Å². The number of carboxylic acid groups (broad SMARTS) is 2. The van der Waals surface area contributed by atoms with E-state index in [1.807, 2.05) is 6.07 Å². The van der Waals surface area contributed by atoms with Gasteiger partial charge in [0.25, 0.3) is 0 Å². The molecule has 1 aliphatic rings.